The first-order valence-electron chi connectivity index (χ1n) is 10.7. The van der Waals surface area contributed by atoms with Gasteiger partial charge in [0.15, 0.2) is 0 Å². The van der Waals surface area contributed by atoms with Gasteiger partial charge in [-0.3, -0.25) is 0 Å². The molecule has 0 bridgehead atoms. The average Bonchev–Trinajstić information content (AvgIpc) is 3.37. The average molecular weight is 453 g/mol. The lowest BCUT2D eigenvalue weighted by atomic mass is 10.3. The standard InChI is InChI=1S/4C6H11N.4CH4/c4*1-6-3-4-7(2)5-6;;;;/h4*5H,3-4H2,1-2H3;4*1H4. The molecule has 0 fully saturated rings. The molecule has 4 aliphatic heterocycles. The molecule has 0 spiro atoms. The van der Waals surface area contributed by atoms with Crippen LogP contribution in [0.25, 0.3) is 0 Å². The van der Waals surface area contributed by atoms with Crippen LogP contribution in [0.5, 0.6) is 0 Å². The van der Waals surface area contributed by atoms with Gasteiger partial charge < -0.3 is 19.6 Å². The van der Waals surface area contributed by atoms with Crippen LogP contribution >= 0.6 is 0 Å². The Morgan fingerprint density at radius 1 is 0.406 bits per heavy atom. The lowest BCUT2D eigenvalue weighted by Gasteiger charge is -2.02. The Balaban J connectivity index is -0.000000157. The Bertz CT molecular complexity index is 482. The fourth-order valence-electron chi connectivity index (χ4n) is 3.43. The minimum Gasteiger partial charge on any atom is -0.380 e. The molecule has 0 radical (unpaired) electrons. The quantitative estimate of drug-likeness (QED) is 0.378. The van der Waals surface area contributed by atoms with E-state index in [0.717, 1.165) is 0 Å². The maximum absolute atomic E-state index is 2.22. The van der Waals surface area contributed by atoms with Crippen molar-refractivity contribution in [1.82, 2.24) is 19.6 Å². The van der Waals surface area contributed by atoms with Gasteiger partial charge in [-0.15, -0.1) is 0 Å². The zero-order valence-corrected chi connectivity index (χ0v) is 19.8. The number of hydrogen-bond donors (Lipinski definition) is 0. The van der Waals surface area contributed by atoms with Crippen molar-refractivity contribution in [3.8, 4) is 0 Å². The summed E-state index contributed by atoms with van der Waals surface area (Å²) in [7, 11) is 8.43. The van der Waals surface area contributed by atoms with Crippen LogP contribution < -0.4 is 0 Å². The van der Waals surface area contributed by atoms with Crippen molar-refractivity contribution in [3.05, 3.63) is 47.1 Å². The molecule has 4 rings (SSSR count). The first-order chi connectivity index (χ1) is 13.2. The third kappa shape index (κ3) is 17.8. The summed E-state index contributed by atoms with van der Waals surface area (Å²) < 4.78 is 0. The monoisotopic (exact) mass is 452 g/mol. The second kappa shape index (κ2) is 19.8. The van der Waals surface area contributed by atoms with E-state index in [-0.39, 0.29) is 29.7 Å². The minimum atomic E-state index is 0. The van der Waals surface area contributed by atoms with Crippen LogP contribution in [0, 0.1) is 0 Å². The van der Waals surface area contributed by atoms with E-state index in [1.807, 2.05) is 0 Å². The van der Waals surface area contributed by atoms with E-state index >= 15 is 0 Å². The Hall–Kier alpha value is -1.84. The Kier molecular flexibility index (Phi) is 23.2. The first kappa shape index (κ1) is 37.5. The van der Waals surface area contributed by atoms with E-state index < -0.39 is 0 Å². The van der Waals surface area contributed by atoms with Gasteiger partial charge >= 0.3 is 0 Å². The smallest absolute Gasteiger partial charge is 0.0207 e. The van der Waals surface area contributed by atoms with Gasteiger partial charge in [-0.2, -0.15) is 0 Å². The predicted molar refractivity (Wildman–Crippen MR) is 151 cm³/mol. The fourth-order valence-corrected chi connectivity index (χ4v) is 3.43. The van der Waals surface area contributed by atoms with Crippen LogP contribution in [-0.4, -0.2) is 74.0 Å². The summed E-state index contributed by atoms with van der Waals surface area (Å²) in [4.78, 5) is 8.87. The lowest BCUT2D eigenvalue weighted by Crippen LogP contribution is -2.04. The molecular weight excluding hydrogens is 392 g/mol. The SMILES string of the molecule is C.C.C.C.CC1=CN(C)CC1.CC1=CN(C)CC1.CC1=CN(C)CC1.CC1=CN(C)CC1. The van der Waals surface area contributed by atoms with E-state index in [0.29, 0.717) is 0 Å². The largest absolute Gasteiger partial charge is 0.380 e. The van der Waals surface area contributed by atoms with Crippen molar-refractivity contribution in [2.45, 2.75) is 83.1 Å². The molecule has 0 N–H and O–H groups in total. The predicted octanol–water partition coefficient (Wildman–Crippen LogP) is 7.45. The minimum absolute atomic E-state index is 0. The molecule has 192 valence electrons. The van der Waals surface area contributed by atoms with E-state index in [1.54, 1.807) is 0 Å². The van der Waals surface area contributed by atoms with Crippen molar-refractivity contribution >= 4 is 0 Å². The van der Waals surface area contributed by atoms with Crippen LogP contribution in [0.2, 0.25) is 0 Å². The van der Waals surface area contributed by atoms with Crippen molar-refractivity contribution < 1.29 is 0 Å². The summed E-state index contributed by atoms with van der Waals surface area (Å²) in [6.45, 7) is 13.5. The highest BCUT2D eigenvalue weighted by Crippen LogP contribution is 2.11. The van der Waals surface area contributed by atoms with Gasteiger partial charge in [0.25, 0.3) is 0 Å². The van der Waals surface area contributed by atoms with Gasteiger partial charge in [-0.1, -0.05) is 52.0 Å². The van der Waals surface area contributed by atoms with E-state index in [4.69, 9.17) is 0 Å². The molecule has 4 heteroatoms. The third-order valence-electron chi connectivity index (χ3n) is 5.20. The molecule has 0 aliphatic carbocycles. The molecule has 0 aromatic heterocycles. The Morgan fingerprint density at radius 2 is 0.562 bits per heavy atom. The van der Waals surface area contributed by atoms with E-state index in [2.05, 4.69) is 100 Å². The van der Waals surface area contributed by atoms with Gasteiger partial charge in [-0.25, -0.2) is 0 Å². The molecule has 0 saturated carbocycles. The molecule has 0 amide bonds. The number of hydrogen-bond acceptors (Lipinski definition) is 4. The highest BCUT2D eigenvalue weighted by molar-refractivity contribution is 5.04. The maximum Gasteiger partial charge on any atom is 0.0207 e. The summed E-state index contributed by atoms with van der Waals surface area (Å²) in [6.07, 6.45) is 13.8. The van der Waals surface area contributed by atoms with E-state index in [1.165, 1.54) is 74.2 Å². The highest BCUT2D eigenvalue weighted by atomic mass is 15.1. The molecular formula is C28H60N4. The molecule has 32 heavy (non-hydrogen) atoms. The first-order valence-corrected chi connectivity index (χ1v) is 10.7. The summed E-state index contributed by atoms with van der Waals surface area (Å²) in [5.74, 6) is 0. The second-order valence-electron chi connectivity index (χ2n) is 8.82. The molecule has 4 heterocycles. The molecule has 4 aliphatic rings. The zero-order valence-electron chi connectivity index (χ0n) is 19.8. The number of nitrogens with zero attached hydrogens (tertiary/aromatic N) is 4. The molecule has 0 aromatic rings. The molecule has 0 atom stereocenters. The summed E-state index contributed by atoms with van der Waals surface area (Å²) >= 11 is 0. The van der Waals surface area contributed by atoms with Crippen LogP contribution in [0.1, 0.15) is 83.1 Å². The van der Waals surface area contributed by atoms with Gasteiger partial charge in [0.1, 0.15) is 0 Å². The number of rotatable bonds is 0. The lowest BCUT2D eigenvalue weighted by molar-refractivity contribution is 0.496. The maximum atomic E-state index is 2.22. The van der Waals surface area contributed by atoms with Gasteiger partial charge in [0.05, 0.1) is 0 Å². The van der Waals surface area contributed by atoms with Crippen molar-refractivity contribution in [2.24, 2.45) is 0 Å². The topological polar surface area (TPSA) is 13.0 Å². The van der Waals surface area contributed by atoms with E-state index in [9.17, 15) is 0 Å². The summed E-state index contributed by atoms with van der Waals surface area (Å²) in [5, 5.41) is 0. The van der Waals surface area contributed by atoms with Crippen LogP contribution in [0.4, 0.5) is 0 Å². The van der Waals surface area contributed by atoms with Crippen molar-refractivity contribution in [1.29, 1.82) is 0 Å². The third-order valence-corrected chi connectivity index (χ3v) is 5.20. The second-order valence-corrected chi connectivity index (χ2v) is 8.82. The molecule has 4 nitrogen and oxygen atoms in total. The molecule has 0 aromatic carbocycles. The van der Waals surface area contributed by atoms with Gasteiger partial charge in [0, 0.05) is 54.4 Å². The summed E-state index contributed by atoms with van der Waals surface area (Å²) in [5.41, 5.74) is 6.01. The van der Waals surface area contributed by atoms with Gasteiger partial charge in [0.2, 0.25) is 0 Å². The Labute approximate surface area is 204 Å². The molecule has 0 unspecified atom stereocenters. The normalized spacial score (nSPS) is 17.8. The summed E-state index contributed by atoms with van der Waals surface area (Å²) in [6, 6.07) is 0. The highest BCUT2D eigenvalue weighted by Gasteiger charge is 2.03. The Morgan fingerprint density at radius 3 is 0.594 bits per heavy atom. The van der Waals surface area contributed by atoms with Crippen LogP contribution in [0.15, 0.2) is 47.1 Å². The zero-order chi connectivity index (χ0) is 21.1. The van der Waals surface area contributed by atoms with Crippen molar-refractivity contribution in [2.75, 3.05) is 54.4 Å². The fraction of sp³-hybridized carbons (Fsp3) is 0.714. The van der Waals surface area contributed by atoms with Gasteiger partial charge in [-0.05, 0) is 78.2 Å². The van der Waals surface area contributed by atoms with Crippen molar-refractivity contribution in [3.63, 3.8) is 0 Å². The molecule has 0 saturated heterocycles. The van der Waals surface area contributed by atoms with Crippen LogP contribution in [-0.2, 0) is 0 Å². The van der Waals surface area contributed by atoms with Crippen LogP contribution in [0.3, 0.4) is 0 Å².